The number of carbonyl (C=O) groups is 2. The first-order valence-electron chi connectivity index (χ1n) is 12.9. The zero-order chi connectivity index (χ0) is 27.0. The number of likely N-dealkylation sites (tertiary alicyclic amines) is 1. The fourth-order valence-corrected chi connectivity index (χ4v) is 5.42. The second kappa shape index (κ2) is 10.2. The van der Waals surface area contributed by atoms with Gasteiger partial charge < -0.3 is 20.9 Å². The fraction of sp³-hybridized carbons (Fsp3) is 0.414. The van der Waals surface area contributed by atoms with Gasteiger partial charge in [-0.2, -0.15) is 5.26 Å². The van der Waals surface area contributed by atoms with E-state index < -0.39 is 23.6 Å². The van der Waals surface area contributed by atoms with Gasteiger partial charge in [-0.1, -0.05) is 0 Å². The lowest BCUT2D eigenvalue weighted by atomic mass is 9.82. The van der Waals surface area contributed by atoms with Crippen LogP contribution in [0.15, 0.2) is 59.6 Å². The number of nitrogens with one attached hydrogen (secondary N) is 3. The van der Waals surface area contributed by atoms with Crippen LogP contribution in [0.2, 0.25) is 0 Å². The average molecular weight is 520 g/mol. The number of Topliss-reactive ketones (excluding diaryl/α,β-unsaturated/α-hetero) is 1. The highest BCUT2D eigenvalue weighted by molar-refractivity contribution is 5.92. The summed E-state index contributed by atoms with van der Waals surface area (Å²) in [7, 11) is 0. The molecule has 198 valence electrons. The van der Waals surface area contributed by atoms with Gasteiger partial charge in [-0.05, 0) is 97.7 Å². The van der Waals surface area contributed by atoms with Gasteiger partial charge in [0.15, 0.2) is 12.1 Å². The van der Waals surface area contributed by atoms with E-state index in [0.29, 0.717) is 40.9 Å². The highest BCUT2D eigenvalue weighted by Crippen LogP contribution is 2.52. The number of carbonyl (C=O) groups excluding carboxylic acids is 2. The van der Waals surface area contributed by atoms with E-state index in [-0.39, 0.29) is 30.7 Å². The van der Waals surface area contributed by atoms with Crippen molar-refractivity contribution in [2.24, 2.45) is 11.3 Å². The first kappa shape index (κ1) is 25.9. The molecule has 0 radical (unpaired) electrons. The van der Waals surface area contributed by atoms with Crippen LogP contribution in [0.5, 0.6) is 0 Å². The van der Waals surface area contributed by atoms with E-state index in [2.05, 4.69) is 22.0 Å². The second-order valence-corrected chi connectivity index (χ2v) is 10.5. The third kappa shape index (κ3) is 5.01. The van der Waals surface area contributed by atoms with Crippen LogP contribution >= 0.6 is 0 Å². The van der Waals surface area contributed by atoms with Crippen LogP contribution in [0.25, 0.3) is 5.57 Å². The van der Waals surface area contributed by atoms with Crippen LogP contribution in [0.1, 0.15) is 44.2 Å². The number of dihydropyridines is 2. The molecule has 0 spiro atoms. The van der Waals surface area contributed by atoms with Gasteiger partial charge in [-0.25, -0.2) is 8.78 Å². The molecule has 2 fully saturated rings. The van der Waals surface area contributed by atoms with Crippen molar-refractivity contribution >= 4 is 17.3 Å². The number of benzene rings is 1. The minimum Gasteiger partial charge on any atom is -0.376 e. The van der Waals surface area contributed by atoms with E-state index in [1.54, 1.807) is 30.0 Å². The molecule has 3 N–H and O–H groups in total. The molecule has 7 nitrogen and oxygen atoms in total. The van der Waals surface area contributed by atoms with Crippen LogP contribution in [0.3, 0.4) is 0 Å². The number of ketones is 1. The first-order valence-corrected chi connectivity index (χ1v) is 12.9. The minimum absolute atomic E-state index is 0.0333. The Kier molecular flexibility index (Phi) is 6.93. The van der Waals surface area contributed by atoms with Crippen LogP contribution in [-0.2, 0) is 16.1 Å². The van der Waals surface area contributed by atoms with Gasteiger partial charge in [0.25, 0.3) is 0 Å². The summed E-state index contributed by atoms with van der Waals surface area (Å²) in [4.78, 5) is 27.9. The van der Waals surface area contributed by atoms with Crippen molar-refractivity contribution < 1.29 is 18.4 Å². The molecule has 0 aromatic heterocycles. The third-order valence-electron chi connectivity index (χ3n) is 7.66. The Bertz CT molecular complexity index is 1340. The Balaban J connectivity index is 1.22. The van der Waals surface area contributed by atoms with Crippen LogP contribution in [0.4, 0.5) is 8.78 Å². The topological polar surface area (TPSA) is 97.3 Å². The highest BCUT2D eigenvalue weighted by atomic mass is 19.1. The van der Waals surface area contributed by atoms with Gasteiger partial charge in [0, 0.05) is 30.7 Å². The standard InChI is InChI=1S/C29H31F2N5O2/c1-17-7-21(14-34-27(17)31)20-9-19(10-23(30)11-20)13-33-15-26(37)25-12-24(8-18(2)35-25)36-6-5-29(16-32,28(36)38)22-3-4-22/h7-12,14,22,25,27,33-35H,3-6,13,15H2,1-2H3. The Morgan fingerprint density at radius 2 is 2.05 bits per heavy atom. The molecular weight excluding hydrogens is 488 g/mol. The zero-order valence-electron chi connectivity index (χ0n) is 21.5. The van der Waals surface area contributed by atoms with Gasteiger partial charge >= 0.3 is 0 Å². The molecule has 3 aliphatic heterocycles. The van der Waals surface area contributed by atoms with E-state index in [4.69, 9.17) is 0 Å². The Morgan fingerprint density at radius 1 is 1.26 bits per heavy atom. The van der Waals surface area contributed by atoms with Gasteiger partial charge in [0.05, 0.1) is 12.6 Å². The van der Waals surface area contributed by atoms with Crippen molar-refractivity contribution in [2.45, 2.75) is 52.0 Å². The van der Waals surface area contributed by atoms with E-state index >= 15 is 0 Å². The summed E-state index contributed by atoms with van der Waals surface area (Å²) in [6, 6.07) is 6.26. The summed E-state index contributed by atoms with van der Waals surface area (Å²) >= 11 is 0. The fourth-order valence-electron chi connectivity index (χ4n) is 5.42. The minimum atomic E-state index is -1.25. The predicted molar refractivity (Wildman–Crippen MR) is 139 cm³/mol. The Hall–Kier alpha value is -3.77. The molecule has 1 aromatic rings. The SMILES string of the molecule is CC1=CC(N2CCC(C#N)(C3CC3)C2=O)=CC(C(=O)CNCc2cc(F)cc(C3=CNC(F)C(C)=C3)c2)N1. The summed E-state index contributed by atoms with van der Waals surface area (Å²) in [5, 5.41) is 18.6. The molecule has 9 heteroatoms. The van der Waals surface area contributed by atoms with E-state index in [9.17, 15) is 23.6 Å². The summed E-state index contributed by atoms with van der Waals surface area (Å²) in [5.41, 5.74) is 2.92. The third-order valence-corrected chi connectivity index (χ3v) is 7.66. The molecule has 38 heavy (non-hydrogen) atoms. The van der Waals surface area contributed by atoms with E-state index in [1.165, 1.54) is 18.3 Å². The lowest BCUT2D eigenvalue weighted by Crippen LogP contribution is -2.43. The molecule has 1 aromatic carbocycles. The molecule has 1 saturated heterocycles. The number of hydrogen-bond acceptors (Lipinski definition) is 6. The molecule has 3 atom stereocenters. The average Bonchev–Trinajstić information content (AvgIpc) is 3.68. The van der Waals surface area contributed by atoms with Crippen molar-refractivity contribution in [3.63, 3.8) is 0 Å². The van der Waals surface area contributed by atoms with Crippen molar-refractivity contribution in [1.82, 2.24) is 20.9 Å². The maximum atomic E-state index is 14.3. The quantitative estimate of drug-likeness (QED) is 0.455. The van der Waals surface area contributed by atoms with Crippen molar-refractivity contribution in [3.05, 3.63) is 76.5 Å². The lowest BCUT2D eigenvalue weighted by molar-refractivity contribution is -0.132. The smallest absolute Gasteiger partial charge is 0.247 e. The van der Waals surface area contributed by atoms with E-state index in [0.717, 1.165) is 18.5 Å². The Labute approximate surface area is 220 Å². The number of halogens is 2. The monoisotopic (exact) mass is 519 g/mol. The molecule has 4 aliphatic rings. The number of nitriles is 1. The van der Waals surface area contributed by atoms with Crippen LogP contribution in [-0.4, -0.2) is 42.0 Å². The summed E-state index contributed by atoms with van der Waals surface area (Å²) in [6.45, 7) is 4.27. The summed E-state index contributed by atoms with van der Waals surface area (Å²) in [5.74, 6) is -0.578. The normalized spacial score (nSPS) is 26.9. The number of amides is 1. The molecule has 1 saturated carbocycles. The maximum absolute atomic E-state index is 14.3. The number of alkyl halides is 1. The van der Waals surface area contributed by atoms with Gasteiger partial charge in [0.1, 0.15) is 17.3 Å². The summed E-state index contributed by atoms with van der Waals surface area (Å²) < 4.78 is 28.0. The second-order valence-electron chi connectivity index (χ2n) is 10.5. The van der Waals surface area contributed by atoms with Crippen LogP contribution < -0.4 is 16.0 Å². The molecule has 5 rings (SSSR count). The first-order chi connectivity index (χ1) is 18.2. The Morgan fingerprint density at radius 3 is 2.76 bits per heavy atom. The molecule has 1 amide bonds. The number of allylic oxidation sites excluding steroid dienone is 4. The zero-order valence-corrected chi connectivity index (χ0v) is 21.5. The number of hydrogen-bond donors (Lipinski definition) is 3. The van der Waals surface area contributed by atoms with Gasteiger partial charge in [-0.15, -0.1) is 0 Å². The molecule has 1 aliphatic carbocycles. The summed E-state index contributed by atoms with van der Waals surface area (Å²) in [6.07, 6.45) is 7.86. The van der Waals surface area contributed by atoms with Gasteiger partial charge in [0.2, 0.25) is 5.91 Å². The molecule has 0 bridgehead atoms. The van der Waals surface area contributed by atoms with Crippen molar-refractivity contribution in [1.29, 1.82) is 5.26 Å². The largest absolute Gasteiger partial charge is 0.376 e. The molecule has 3 unspecified atom stereocenters. The molecule has 3 heterocycles. The maximum Gasteiger partial charge on any atom is 0.247 e. The van der Waals surface area contributed by atoms with Crippen LogP contribution in [0, 0.1) is 28.5 Å². The number of rotatable bonds is 8. The van der Waals surface area contributed by atoms with E-state index in [1.807, 2.05) is 13.0 Å². The molecular formula is C29H31F2N5O2. The van der Waals surface area contributed by atoms with Crippen molar-refractivity contribution in [3.8, 4) is 6.07 Å². The number of nitrogens with zero attached hydrogens (tertiary/aromatic N) is 2. The predicted octanol–water partition coefficient (Wildman–Crippen LogP) is 3.58. The highest BCUT2D eigenvalue weighted by Gasteiger charge is 2.57. The lowest BCUT2D eigenvalue weighted by Gasteiger charge is -2.27. The van der Waals surface area contributed by atoms with Gasteiger partial charge in [-0.3, -0.25) is 9.59 Å². The van der Waals surface area contributed by atoms with Crippen molar-refractivity contribution in [2.75, 3.05) is 13.1 Å².